The topological polar surface area (TPSA) is 35.5 Å². The van der Waals surface area contributed by atoms with Crippen molar-refractivity contribution in [1.29, 1.82) is 0 Å². The number of rotatable bonds is 9. The maximum Gasteiger partial charge on any atom is 0.0471 e. The highest BCUT2D eigenvalue weighted by Gasteiger charge is 2.26. The van der Waals surface area contributed by atoms with E-state index < -0.39 is 0 Å². The lowest BCUT2D eigenvalue weighted by atomic mass is 9.90. The van der Waals surface area contributed by atoms with Gasteiger partial charge in [-0.05, 0) is 50.8 Å². The van der Waals surface area contributed by atoms with Gasteiger partial charge in [0.1, 0.15) is 0 Å². The van der Waals surface area contributed by atoms with Crippen LogP contribution in [0.4, 0.5) is 5.69 Å². The first-order valence-corrected chi connectivity index (χ1v) is 8.51. The molecule has 0 aromatic heterocycles. The molecule has 1 aliphatic carbocycles. The van der Waals surface area contributed by atoms with Gasteiger partial charge in [0.2, 0.25) is 0 Å². The zero-order valence-electron chi connectivity index (χ0n) is 12.9. The fourth-order valence-corrected chi connectivity index (χ4v) is 3.06. The Kier molecular flexibility index (Phi) is 6.81. The maximum absolute atomic E-state index is 9.17. The van der Waals surface area contributed by atoms with Gasteiger partial charge < -0.3 is 15.3 Å². The molecule has 3 nitrogen and oxygen atoms in total. The molecule has 0 bridgehead atoms. The zero-order chi connectivity index (χ0) is 15.1. The first kappa shape index (κ1) is 16.6. The predicted octanol–water partition coefficient (Wildman–Crippen LogP) is 3.58. The monoisotopic (exact) mass is 310 g/mol. The van der Waals surface area contributed by atoms with Crippen molar-refractivity contribution >= 4 is 17.3 Å². The Labute approximate surface area is 133 Å². The molecule has 118 valence electrons. The van der Waals surface area contributed by atoms with Crippen molar-refractivity contribution in [2.75, 3.05) is 24.6 Å². The van der Waals surface area contributed by atoms with E-state index in [0.29, 0.717) is 6.04 Å². The van der Waals surface area contributed by atoms with Gasteiger partial charge in [-0.25, -0.2) is 0 Å². The van der Waals surface area contributed by atoms with E-state index in [1.807, 2.05) is 12.1 Å². The summed E-state index contributed by atoms with van der Waals surface area (Å²) in [4.78, 5) is 2.45. The van der Waals surface area contributed by atoms with Gasteiger partial charge in [0.25, 0.3) is 0 Å². The number of hydrogen-bond acceptors (Lipinski definition) is 3. The molecule has 1 saturated carbocycles. The van der Waals surface area contributed by atoms with Crippen LogP contribution in [-0.4, -0.2) is 30.8 Å². The van der Waals surface area contributed by atoms with Crippen molar-refractivity contribution in [3.63, 3.8) is 0 Å². The molecule has 0 saturated heterocycles. The molecule has 2 rings (SSSR count). The summed E-state index contributed by atoms with van der Waals surface area (Å²) in [7, 11) is 0. The number of aliphatic hydroxyl groups is 1. The SMILES string of the molecule is CCCNCc1c(Cl)cccc1N(CCCO)C1CCC1. The van der Waals surface area contributed by atoms with E-state index in [2.05, 4.69) is 23.2 Å². The standard InChI is InChI=1S/C17H27ClN2O/c1-2-10-19-13-15-16(18)8-4-9-17(15)20(11-5-12-21)14-6-3-7-14/h4,8-9,14,19,21H,2-3,5-7,10-13H2,1H3. The molecule has 0 unspecified atom stereocenters. The van der Waals surface area contributed by atoms with Crippen molar-refractivity contribution in [3.05, 3.63) is 28.8 Å². The lowest BCUT2D eigenvalue weighted by Crippen LogP contribution is -2.42. The summed E-state index contributed by atoms with van der Waals surface area (Å²) in [6, 6.07) is 6.79. The fraction of sp³-hybridized carbons (Fsp3) is 0.647. The second-order valence-electron chi connectivity index (χ2n) is 5.77. The van der Waals surface area contributed by atoms with Gasteiger partial charge in [-0.3, -0.25) is 0 Å². The second kappa shape index (κ2) is 8.62. The van der Waals surface area contributed by atoms with Gasteiger partial charge in [0.15, 0.2) is 0 Å². The molecule has 0 atom stereocenters. The normalized spacial score (nSPS) is 15.0. The molecule has 0 aliphatic heterocycles. The lowest BCUT2D eigenvalue weighted by Gasteiger charge is -2.40. The van der Waals surface area contributed by atoms with E-state index in [-0.39, 0.29) is 6.61 Å². The minimum Gasteiger partial charge on any atom is -0.396 e. The van der Waals surface area contributed by atoms with Crippen molar-refractivity contribution in [2.45, 2.75) is 51.6 Å². The Morgan fingerprint density at radius 3 is 2.81 bits per heavy atom. The van der Waals surface area contributed by atoms with Crippen molar-refractivity contribution in [2.24, 2.45) is 0 Å². The Morgan fingerprint density at radius 2 is 2.19 bits per heavy atom. The molecular weight excluding hydrogens is 284 g/mol. The van der Waals surface area contributed by atoms with Gasteiger partial charge in [-0.1, -0.05) is 24.6 Å². The van der Waals surface area contributed by atoms with E-state index in [9.17, 15) is 0 Å². The van der Waals surface area contributed by atoms with E-state index in [1.54, 1.807) is 0 Å². The molecule has 1 aromatic carbocycles. The van der Waals surface area contributed by atoms with Crippen LogP contribution in [0.25, 0.3) is 0 Å². The third-order valence-electron chi connectivity index (χ3n) is 4.20. The van der Waals surface area contributed by atoms with Gasteiger partial charge in [-0.2, -0.15) is 0 Å². The molecule has 0 heterocycles. The minimum absolute atomic E-state index is 0.243. The molecule has 1 aliphatic rings. The van der Waals surface area contributed by atoms with Gasteiger partial charge >= 0.3 is 0 Å². The summed E-state index contributed by atoms with van der Waals surface area (Å²) < 4.78 is 0. The lowest BCUT2D eigenvalue weighted by molar-refractivity contribution is 0.283. The number of nitrogens with one attached hydrogen (secondary N) is 1. The maximum atomic E-state index is 9.17. The van der Waals surface area contributed by atoms with E-state index in [4.69, 9.17) is 16.7 Å². The van der Waals surface area contributed by atoms with Crippen molar-refractivity contribution in [1.82, 2.24) is 5.32 Å². The minimum atomic E-state index is 0.243. The third kappa shape index (κ3) is 4.35. The smallest absolute Gasteiger partial charge is 0.0471 e. The van der Waals surface area contributed by atoms with Crippen LogP contribution in [0.3, 0.4) is 0 Å². The molecule has 0 spiro atoms. The Balaban J connectivity index is 2.18. The molecule has 2 N–H and O–H groups in total. The highest BCUT2D eigenvalue weighted by atomic mass is 35.5. The van der Waals surface area contributed by atoms with E-state index >= 15 is 0 Å². The van der Waals surface area contributed by atoms with Crippen LogP contribution < -0.4 is 10.2 Å². The van der Waals surface area contributed by atoms with Gasteiger partial charge in [0, 0.05) is 42.0 Å². The quantitative estimate of drug-likeness (QED) is 0.684. The van der Waals surface area contributed by atoms with E-state index in [0.717, 1.165) is 37.5 Å². The molecule has 1 aromatic rings. The van der Waals surface area contributed by atoms with E-state index in [1.165, 1.54) is 30.5 Å². The molecule has 21 heavy (non-hydrogen) atoms. The molecule has 0 radical (unpaired) electrons. The van der Waals surface area contributed by atoms with Crippen LogP contribution in [0.1, 0.15) is 44.6 Å². The Bertz CT molecular complexity index is 435. The largest absolute Gasteiger partial charge is 0.396 e. The van der Waals surface area contributed by atoms with Gasteiger partial charge in [-0.15, -0.1) is 0 Å². The predicted molar refractivity (Wildman–Crippen MR) is 90.1 cm³/mol. The number of nitrogens with zero attached hydrogens (tertiary/aromatic N) is 1. The molecule has 1 fully saturated rings. The Hall–Kier alpha value is -0.770. The fourth-order valence-electron chi connectivity index (χ4n) is 2.82. The second-order valence-corrected chi connectivity index (χ2v) is 6.18. The third-order valence-corrected chi connectivity index (χ3v) is 4.56. The average Bonchev–Trinajstić information content (AvgIpc) is 2.43. The van der Waals surface area contributed by atoms with Crippen LogP contribution in [-0.2, 0) is 6.54 Å². The van der Waals surface area contributed by atoms with Crippen LogP contribution in [0.2, 0.25) is 5.02 Å². The zero-order valence-corrected chi connectivity index (χ0v) is 13.7. The Morgan fingerprint density at radius 1 is 1.38 bits per heavy atom. The van der Waals surface area contributed by atoms with Crippen molar-refractivity contribution < 1.29 is 5.11 Å². The number of anilines is 1. The molecule has 0 amide bonds. The van der Waals surface area contributed by atoms with Crippen molar-refractivity contribution in [3.8, 4) is 0 Å². The average molecular weight is 311 g/mol. The summed E-state index contributed by atoms with van der Waals surface area (Å²) in [6.45, 7) is 5.13. The first-order chi connectivity index (χ1) is 10.3. The number of hydrogen-bond donors (Lipinski definition) is 2. The summed E-state index contributed by atoms with van der Waals surface area (Å²) in [5.74, 6) is 0. The molecular formula is C17H27ClN2O. The summed E-state index contributed by atoms with van der Waals surface area (Å²) in [6.07, 6.45) is 5.74. The number of benzene rings is 1. The highest BCUT2D eigenvalue weighted by Crippen LogP contribution is 2.34. The van der Waals surface area contributed by atoms with Crippen LogP contribution in [0.15, 0.2) is 18.2 Å². The number of halogens is 1. The summed E-state index contributed by atoms with van der Waals surface area (Å²) in [5.41, 5.74) is 2.43. The van der Waals surface area contributed by atoms with Crippen LogP contribution >= 0.6 is 11.6 Å². The first-order valence-electron chi connectivity index (χ1n) is 8.13. The van der Waals surface area contributed by atoms with Crippen LogP contribution in [0, 0.1) is 0 Å². The molecule has 4 heteroatoms. The summed E-state index contributed by atoms with van der Waals surface area (Å²) >= 11 is 6.44. The number of aliphatic hydroxyl groups excluding tert-OH is 1. The summed E-state index contributed by atoms with van der Waals surface area (Å²) in [5, 5.41) is 13.5. The highest BCUT2D eigenvalue weighted by molar-refractivity contribution is 6.31. The van der Waals surface area contributed by atoms with Gasteiger partial charge in [0.05, 0.1) is 0 Å². The van der Waals surface area contributed by atoms with Crippen LogP contribution in [0.5, 0.6) is 0 Å².